The zero-order valence-corrected chi connectivity index (χ0v) is 17.7. The fourth-order valence-electron chi connectivity index (χ4n) is 3.10. The molecule has 2 nitrogen and oxygen atoms in total. The summed E-state index contributed by atoms with van der Waals surface area (Å²) in [5.74, 6) is 0.732. The average Bonchev–Trinajstić information content (AvgIpc) is 2.62. The maximum absolute atomic E-state index is 11.5. The smallest absolute Gasteiger partial charge is 0.305 e. The van der Waals surface area contributed by atoms with Crippen LogP contribution in [0.3, 0.4) is 0 Å². The number of unbranched alkanes of at least 4 members (excludes halogenated alkanes) is 15. The molecule has 0 atom stereocenters. The van der Waals surface area contributed by atoms with Crippen LogP contribution in [-0.4, -0.2) is 18.3 Å². The van der Waals surface area contributed by atoms with Crippen LogP contribution in [0.1, 0.15) is 122 Å². The van der Waals surface area contributed by atoms with E-state index in [2.05, 4.69) is 6.92 Å². The number of esters is 1. The molecule has 0 amide bonds. The number of rotatable bonds is 20. The summed E-state index contributed by atoms with van der Waals surface area (Å²) in [7, 11) is 0. The van der Waals surface area contributed by atoms with Crippen molar-refractivity contribution in [2.24, 2.45) is 0 Å². The van der Waals surface area contributed by atoms with Gasteiger partial charge in [0.25, 0.3) is 0 Å². The zero-order valence-electron chi connectivity index (χ0n) is 16.9. The standard InChI is InChI=1S/C22H43O2S/c1-2-3-4-5-6-7-8-9-10-11-12-13-14-15-16-19-22(23)24-20-17-18-21-25/h2-21H2,1H3. The first-order valence-electron chi connectivity index (χ1n) is 11.0. The number of ether oxygens (including phenoxy) is 1. The van der Waals surface area contributed by atoms with E-state index >= 15 is 0 Å². The van der Waals surface area contributed by atoms with Crippen molar-refractivity contribution in [2.75, 3.05) is 12.4 Å². The predicted molar refractivity (Wildman–Crippen MR) is 112 cm³/mol. The van der Waals surface area contributed by atoms with Gasteiger partial charge in [-0.05, 0) is 19.3 Å². The second-order valence-electron chi connectivity index (χ2n) is 7.33. The lowest BCUT2D eigenvalue weighted by Crippen LogP contribution is -2.05. The lowest BCUT2D eigenvalue weighted by molar-refractivity contribution is -0.143. The zero-order chi connectivity index (χ0) is 18.4. The van der Waals surface area contributed by atoms with Gasteiger partial charge in [0.2, 0.25) is 0 Å². The van der Waals surface area contributed by atoms with Gasteiger partial charge in [0.15, 0.2) is 0 Å². The van der Waals surface area contributed by atoms with Crippen molar-refractivity contribution in [3.8, 4) is 0 Å². The summed E-state index contributed by atoms with van der Waals surface area (Å²) in [5.41, 5.74) is 0. The van der Waals surface area contributed by atoms with Crippen molar-refractivity contribution in [1.29, 1.82) is 0 Å². The van der Waals surface area contributed by atoms with E-state index in [9.17, 15) is 4.79 Å². The molecule has 0 aromatic carbocycles. The van der Waals surface area contributed by atoms with Crippen LogP contribution >= 0.6 is 12.6 Å². The van der Waals surface area contributed by atoms with E-state index in [1.807, 2.05) is 0 Å². The Balaban J connectivity index is 3.08. The monoisotopic (exact) mass is 371 g/mol. The molecule has 0 aliphatic heterocycles. The largest absolute Gasteiger partial charge is 0.466 e. The molecule has 1 radical (unpaired) electrons. The molecule has 0 rings (SSSR count). The van der Waals surface area contributed by atoms with Crippen LogP contribution in [0.15, 0.2) is 0 Å². The van der Waals surface area contributed by atoms with Crippen molar-refractivity contribution in [2.45, 2.75) is 122 Å². The molecule has 149 valence electrons. The Labute approximate surface area is 163 Å². The highest BCUT2D eigenvalue weighted by atomic mass is 32.1. The first-order chi connectivity index (χ1) is 12.3. The third kappa shape index (κ3) is 21.8. The third-order valence-corrected chi connectivity index (χ3v) is 5.07. The highest BCUT2D eigenvalue weighted by Crippen LogP contribution is 2.13. The van der Waals surface area contributed by atoms with E-state index in [1.165, 1.54) is 89.9 Å². The van der Waals surface area contributed by atoms with Gasteiger partial charge in [-0.25, -0.2) is 0 Å². The summed E-state index contributed by atoms with van der Waals surface area (Å²) < 4.78 is 5.18. The molecule has 0 aliphatic rings. The van der Waals surface area contributed by atoms with Crippen LogP contribution in [0.5, 0.6) is 0 Å². The van der Waals surface area contributed by atoms with Crippen molar-refractivity contribution >= 4 is 18.6 Å². The summed E-state index contributed by atoms with van der Waals surface area (Å²) in [5, 5.41) is 0. The van der Waals surface area contributed by atoms with E-state index in [4.69, 9.17) is 17.4 Å². The average molecular weight is 372 g/mol. The minimum atomic E-state index is -0.0286. The van der Waals surface area contributed by atoms with E-state index < -0.39 is 0 Å². The van der Waals surface area contributed by atoms with Gasteiger partial charge < -0.3 is 4.74 Å². The van der Waals surface area contributed by atoms with E-state index in [0.29, 0.717) is 13.0 Å². The Kier molecular flexibility index (Phi) is 21.7. The second kappa shape index (κ2) is 21.9. The highest BCUT2D eigenvalue weighted by Gasteiger charge is 2.02. The molecule has 0 N–H and O–H groups in total. The number of carbonyl (C=O) groups excluding carboxylic acids is 1. The van der Waals surface area contributed by atoms with Crippen LogP contribution in [0.4, 0.5) is 0 Å². The Morgan fingerprint density at radius 2 is 1.08 bits per heavy atom. The Morgan fingerprint density at radius 3 is 1.52 bits per heavy atom. The van der Waals surface area contributed by atoms with Gasteiger partial charge in [-0.15, -0.1) is 0 Å². The molecule has 25 heavy (non-hydrogen) atoms. The van der Waals surface area contributed by atoms with Crippen molar-refractivity contribution < 1.29 is 9.53 Å². The van der Waals surface area contributed by atoms with Gasteiger partial charge in [-0.2, -0.15) is 0 Å². The van der Waals surface area contributed by atoms with Crippen LogP contribution in [-0.2, 0) is 9.53 Å². The first-order valence-corrected chi connectivity index (χ1v) is 11.6. The topological polar surface area (TPSA) is 26.3 Å². The summed E-state index contributed by atoms with van der Waals surface area (Å²) in [6, 6.07) is 0. The molecule has 0 heterocycles. The molecule has 3 heteroatoms. The molecule has 0 unspecified atom stereocenters. The van der Waals surface area contributed by atoms with Crippen molar-refractivity contribution in [3.63, 3.8) is 0 Å². The molecule has 0 bridgehead atoms. The quantitative estimate of drug-likeness (QED) is 0.161. The Hall–Kier alpha value is -0.180. The van der Waals surface area contributed by atoms with Gasteiger partial charge in [0, 0.05) is 12.2 Å². The van der Waals surface area contributed by atoms with Crippen molar-refractivity contribution in [3.05, 3.63) is 0 Å². The molecular formula is C22H43O2S. The summed E-state index contributed by atoms with van der Waals surface area (Å²) in [6.07, 6.45) is 22.7. The SMILES string of the molecule is CCCCCCCCCCCCCCCCCC(=O)OCCCC[S]. The molecule has 0 saturated heterocycles. The maximum atomic E-state index is 11.5. The van der Waals surface area contributed by atoms with E-state index in [1.54, 1.807) is 0 Å². The van der Waals surface area contributed by atoms with Gasteiger partial charge >= 0.3 is 5.97 Å². The van der Waals surface area contributed by atoms with Gasteiger partial charge in [0.1, 0.15) is 0 Å². The minimum Gasteiger partial charge on any atom is -0.466 e. The predicted octanol–water partition coefficient (Wildman–Crippen LogP) is 7.77. The number of hydrogen-bond acceptors (Lipinski definition) is 2. The second-order valence-corrected chi connectivity index (χ2v) is 7.74. The van der Waals surface area contributed by atoms with E-state index in [-0.39, 0.29) is 5.97 Å². The Morgan fingerprint density at radius 1 is 0.640 bits per heavy atom. The van der Waals surface area contributed by atoms with Crippen molar-refractivity contribution in [1.82, 2.24) is 0 Å². The lowest BCUT2D eigenvalue weighted by atomic mass is 10.0. The molecule has 0 fully saturated rings. The number of carbonyl (C=O) groups is 1. The molecular weight excluding hydrogens is 328 g/mol. The third-order valence-electron chi connectivity index (χ3n) is 4.79. The van der Waals surface area contributed by atoms with Gasteiger partial charge in [-0.1, -0.05) is 109 Å². The van der Waals surface area contributed by atoms with Crippen LogP contribution in [0, 0.1) is 0 Å². The molecule has 0 saturated carbocycles. The van der Waals surface area contributed by atoms with Crippen LogP contribution in [0.25, 0.3) is 0 Å². The lowest BCUT2D eigenvalue weighted by Gasteiger charge is -2.05. The summed E-state index contributed by atoms with van der Waals surface area (Å²) in [6.45, 7) is 2.83. The Bertz CT molecular complexity index is 269. The fourth-order valence-corrected chi connectivity index (χ4v) is 3.31. The molecule has 0 aromatic heterocycles. The molecule has 0 aromatic rings. The molecule has 0 aliphatic carbocycles. The maximum Gasteiger partial charge on any atom is 0.305 e. The van der Waals surface area contributed by atoms with Gasteiger partial charge in [0.05, 0.1) is 6.61 Å². The number of hydrogen-bond donors (Lipinski definition) is 0. The fraction of sp³-hybridized carbons (Fsp3) is 0.955. The van der Waals surface area contributed by atoms with Crippen LogP contribution in [0.2, 0.25) is 0 Å². The van der Waals surface area contributed by atoms with Crippen LogP contribution < -0.4 is 0 Å². The first kappa shape index (κ1) is 24.8. The highest BCUT2D eigenvalue weighted by molar-refractivity contribution is 7.80. The van der Waals surface area contributed by atoms with E-state index in [0.717, 1.165) is 25.0 Å². The minimum absolute atomic E-state index is 0.0286. The summed E-state index contributed by atoms with van der Waals surface area (Å²) >= 11 is 4.86. The molecule has 0 spiro atoms. The normalized spacial score (nSPS) is 11.0. The summed E-state index contributed by atoms with van der Waals surface area (Å²) in [4.78, 5) is 11.5. The van der Waals surface area contributed by atoms with Gasteiger partial charge in [-0.3, -0.25) is 4.79 Å².